The number of carbonyl (C=O) groups is 2. The molecule has 1 aromatic heterocycles. The van der Waals surface area contributed by atoms with Crippen LogP contribution in [0.15, 0.2) is 18.2 Å². The van der Waals surface area contributed by atoms with Gasteiger partial charge in [-0.25, -0.2) is 4.98 Å². The average Bonchev–Trinajstić information content (AvgIpc) is 2.96. The van der Waals surface area contributed by atoms with Crippen LogP contribution in [0.2, 0.25) is 0 Å². The number of nitrogens with one attached hydrogen (secondary N) is 1. The van der Waals surface area contributed by atoms with Crippen molar-refractivity contribution in [2.24, 2.45) is 11.8 Å². The van der Waals surface area contributed by atoms with Crippen molar-refractivity contribution in [2.45, 2.75) is 13.3 Å². The van der Waals surface area contributed by atoms with Crippen LogP contribution in [-0.2, 0) is 9.59 Å². The first kappa shape index (κ1) is 10.6. The highest BCUT2D eigenvalue weighted by Crippen LogP contribution is 2.39. The molecule has 0 spiro atoms. The molecule has 2 rings (SSSR count). The predicted molar refractivity (Wildman–Crippen MR) is 56.8 cm³/mol. The number of pyridine rings is 1. The van der Waals surface area contributed by atoms with Crippen LogP contribution in [0.1, 0.15) is 12.1 Å². The SMILES string of the molecule is Cc1cccc(NC(=O)C2CC2C(=O)O)n1. The lowest BCUT2D eigenvalue weighted by Gasteiger charge is -2.03. The van der Waals surface area contributed by atoms with Gasteiger partial charge in [-0.2, -0.15) is 0 Å². The minimum atomic E-state index is -0.905. The monoisotopic (exact) mass is 220 g/mol. The van der Waals surface area contributed by atoms with E-state index in [1.165, 1.54) is 0 Å². The molecular formula is C11H12N2O3. The Kier molecular flexibility index (Phi) is 2.60. The first-order valence-electron chi connectivity index (χ1n) is 5.05. The summed E-state index contributed by atoms with van der Waals surface area (Å²) in [5.74, 6) is -1.62. The van der Waals surface area contributed by atoms with E-state index in [1.54, 1.807) is 12.1 Å². The number of hydrogen-bond acceptors (Lipinski definition) is 3. The third-order valence-corrected chi connectivity index (χ3v) is 2.58. The quantitative estimate of drug-likeness (QED) is 0.797. The van der Waals surface area contributed by atoms with Crippen LogP contribution < -0.4 is 5.32 Å². The summed E-state index contributed by atoms with van der Waals surface area (Å²) in [5.41, 5.74) is 0.809. The number of rotatable bonds is 3. The van der Waals surface area contributed by atoms with Crippen molar-refractivity contribution in [1.29, 1.82) is 0 Å². The van der Waals surface area contributed by atoms with E-state index in [-0.39, 0.29) is 5.91 Å². The maximum absolute atomic E-state index is 11.6. The Morgan fingerprint density at radius 3 is 2.75 bits per heavy atom. The zero-order chi connectivity index (χ0) is 11.7. The van der Waals surface area contributed by atoms with Crippen molar-refractivity contribution in [3.05, 3.63) is 23.9 Å². The summed E-state index contributed by atoms with van der Waals surface area (Å²) in [6.07, 6.45) is 0.424. The molecule has 1 saturated carbocycles. The van der Waals surface area contributed by atoms with Crippen molar-refractivity contribution in [3.8, 4) is 0 Å². The number of anilines is 1. The molecule has 0 bridgehead atoms. The van der Waals surface area contributed by atoms with E-state index in [0.717, 1.165) is 5.69 Å². The number of carboxylic acids is 1. The smallest absolute Gasteiger partial charge is 0.307 e. The Labute approximate surface area is 92.5 Å². The predicted octanol–water partition coefficient (Wildman–Crippen LogP) is 1.05. The molecule has 0 radical (unpaired) electrons. The molecule has 1 aromatic rings. The largest absolute Gasteiger partial charge is 0.481 e. The number of aromatic nitrogens is 1. The number of aryl methyl sites for hydroxylation is 1. The van der Waals surface area contributed by atoms with Gasteiger partial charge in [0.25, 0.3) is 0 Å². The summed E-state index contributed by atoms with van der Waals surface area (Å²) >= 11 is 0. The van der Waals surface area contributed by atoms with Crippen LogP contribution >= 0.6 is 0 Å². The van der Waals surface area contributed by atoms with E-state index >= 15 is 0 Å². The number of carbonyl (C=O) groups excluding carboxylic acids is 1. The number of carboxylic acid groups (broad SMARTS) is 1. The number of nitrogens with zero attached hydrogens (tertiary/aromatic N) is 1. The number of hydrogen-bond donors (Lipinski definition) is 2. The van der Waals surface area contributed by atoms with Gasteiger partial charge in [0.1, 0.15) is 5.82 Å². The summed E-state index contributed by atoms with van der Waals surface area (Å²) in [6, 6.07) is 5.30. The Hall–Kier alpha value is -1.91. The van der Waals surface area contributed by atoms with Gasteiger partial charge >= 0.3 is 5.97 Å². The topological polar surface area (TPSA) is 79.3 Å². The van der Waals surface area contributed by atoms with Gasteiger partial charge in [-0.05, 0) is 25.5 Å². The lowest BCUT2D eigenvalue weighted by Crippen LogP contribution is -2.17. The maximum atomic E-state index is 11.6. The van der Waals surface area contributed by atoms with Gasteiger partial charge in [-0.1, -0.05) is 6.07 Å². The molecule has 1 fully saturated rings. The fourth-order valence-corrected chi connectivity index (χ4v) is 1.59. The molecule has 2 unspecified atom stereocenters. The lowest BCUT2D eigenvalue weighted by molar-refractivity contribution is -0.139. The Morgan fingerprint density at radius 2 is 2.19 bits per heavy atom. The second-order valence-electron chi connectivity index (χ2n) is 3.94. The minimum absolute atomic E-state index is 0.259. The van der Waals surface area contributed by atoms with E-state index < -0.39 is 17.8 Å². The molecule has 1 aliphatic carbocycles. The highest BCUT2D eigenvalue weighted by Gasteiger charge is 2.48. The summed E-state index contributed by atoms with van der Waals surface area (Å²) in [4.78, 5) is 26.3. The molecule has 1 heterocycles. The number of aliphatic carboxylic acids is 1. The molecule has 1 amide bonds. The van der Waals surface area contributed by atoms with Crippen LogP contribution in [0, 0.1) is 18.8 Å². The third kappa shape index (κ3) is 2.18. The van der Waals surface area contributed by atoms with E-state index in [9.17, 15) is 9.59 Å². The van der Waals surface area contributed by atoms with E-state index in [2.05, 4.69) is 10.3 Å². The van der Waals surface area contributed by atoms with Gasteiger partial charge in [-0.15, -0.1) is 0 Å². The second kappa shape index (κ2) is 3.92. The zero-order valence-corrected chi connectivity index (χ0v) is 8.80. The van der Waals surface area contributed by atoms with Crippen LogP contribution in [0.3, 0.4) is 0 Å². The van der Waals surface area contributed by atoms with Gasteiger partial charge < -0.3 is 10.4 Å². The Balaban J connectivity index is 1.96. The molecule has 1 aliphatic rings. The normalized spacial score (nSPS) is 22.6. The van der Waals surface area contributed by atoms with Crippen LogP contribution in [0.4, 0.5) is 5.82 Å². The van der Waals surface area contributed by atoms with Crippen molar-refractivity contribution >= 4 is 17.7 Å². The molecular weight excluding hydrogens is 208 g/mol. The van der Waals surface area contributed by atoms with Gasteiger partial charge in [0, 0.05) is 5.69 Å². The second-order valence-corrected chi connectivity index (χ2v) is 3.94. The third-order valence-electron chi connectivity index (χ3n) is 2.58. The van der Waals surface area contributed by atoms with E-state index in [0.29, 0.717) is 12.2 Å². The fraction of sp³-hybridized carbons (Fsp3) is 0.364. The van der Waals surface area contributed by atoms with Crippen molar-refractivity contribution in [1.82, 2.24) is 4.98 Å². The van der Waals surface area contributed by atoms with E-state index in [1.807, 2.05) is 13.0 Å². The Morgan fingerprint density at radius 1 is 1.44 bits per heavy atom. The number of amides is 1. The standard InChI is InChI=1S/C11H12N2O3/c1-6-3-2-4-9(12-6)13-10(14)7-5-8(7)11(15)16/h2-4,7-8H,5H2,1H3,(H,15,16)(H,12,13,14). The highest BCUT2D eigenvalue weighted by atomic mass is 16.4. The molecule has 2 atom stereocenters. The summed E-state index contributed by atoms with van der Waals surface area (Å²) in [5, 5.41) is 11.3. The minimum Gasteiger partial charge on any atom is -0.481 e. The summed E-state index contributed by atoms with van der Waals surface area (Å²) in [7, 11) is 0. The lowest BCUT2D eigenvalue weighted by atomic mass is 10.3. The first-order chi connectivity index (χ1) is 7.58. The molecule has 0 saturated heterocycles. The van der Waals surface area contributed by atoms with E-state index in [4.69, 9.17) is 5.11 Å². The van der Waals surface area contributed by atoms with Gasteiger partial charge in [0.2, 0.25) is 5.91 Å². The molecule has 5 heteroatoms. The Bertz CT molecular complexity index is 445. The first-order valence-corrected chi connectivity index (χ1v) is 5.05. The average molecular weight is 220 g/mol. The molecule has 0 aromatic carbocycles. The highest BCUT2D eigenvalue weighted by molar-refractivity contribution is 5.97. The molecule has 16 heavy (non-hydrogen) atoms. The maximum Gasteiger partial charge on any atom is 0.307 e. The van der Waals surface area contributed by atoms with Crippen molar-refractivity contribution < 1.29 is 14.7 Å². The van der Waals surface area contributed by atoms with Crippen LogP contribution in [0.25, 0.3) is 0 Å². The van der Waals surface area contributed by atoms with Crippen LogP contribution in [0.5, 0.6) is 0 Å². The summed E-state index contributed by atoms with van der Waals surface area (Å²) < 4.78 is 0. The molecule has 84 valence electrons. The van der Waals surface area contributed by atoms with Gasteiger partial charge in [0.05, 0.1) is 11.8 Å². The van der Waals surface area contributed by atoms with Crippen LogP contribution in [-0.4, -0.2) is 22.0 Å². The van der Waals surface area contributed by atoms with Gasteiger partial charge in [-0.3, -0.25) is 9.59 Å². The molecule has 2 N–H and O–H groups in total. The molecule has 5 nitrogen and oxygen atoms in total. The van der Waals surface area contributed by atoms with Gasteiger partial charge in [0.15, 0.2) is 0 Å². The summed E-state index contributed by atoms with van der Waals surface area (Å²) in [6.45, 7) is 1.83. The zero-order valence-electron chi connectivity index (χ0n) is 8.80. The molecule has 0 aliphatic heterocycles. The van der Waals surface area contributed by atoms with Crippen molar-refractivity contribution in [2.75, 3.05) is 5.32 Å². The fourth-order valence-electron chi connectivity index (χ4n) is 1.59. The van der Waals surface area contributed by atoms with Crippen molar-refractivity contribution in [3.63, 3.8) is 0 Å².